The predicted molar refractivity (Wildman–Crippen MR) is 66.3 cm³/mol. The molecule has 0 bridgehead atoms. The smallest absolute Gasteiger partial charge is 0.253 e. The molecule has 1 atom stereocenters. The first-order valence-corrected chi connectivity index (χ1v) is 5.78. The van der Waals surface area contributed by atoms with Gasteiger partial charge in [-0.25, -0.2) is 0 Å². The maximum atomic E-state index is 11.9. The molecule has 2 aliphatic heterocycles. The van der Waals surface area contributed by atoms with Crippen molar-refractivity contribution in [1.29, 1.82) is 5.41 Å². The van der Waals surface area contributed by atoms with Crippen molar-refractivity contribution in [1.82, 2.24) is 15.1 Å². The lowest BCUT2D eigenvalue weighted by Crippen LogP contribution is -2.48. The summed E-state index contributed by atoms with van der Waals surface area (Å²) in [7, 11) is 3.69. The number of hydrogen-bond donors (Lipinski definition) is 2. The van der Waals surface area contributed by atoms with Gasteiger partial charge in [-0.05, 0) is 19.8 Å². The van der Waals surface area contributed by atoms with Crippen LogP contribution in [0.25, 0.3) is 0 Å². The molecule has 5 nitrogen and oxygen atoms in total. The molecule has 2 rings (SSSR count). The molecule has 1 unspecified atom stereocenters. The van der Waals surface area contributed by atoms with Gasteiger partial charge in [-0.2, -0.15) is 0 Å². The Labute approximate surface area is 101 Å². The number of amides is 1. The van der Waals surface area contributed by atoms with Gasteiger partial charge in [0, 0.05) is 38.0 Å². The standard InChI is InChI=1S/C12H18N4O/c1-8-4-5-9(11(13)15(2)3)12-14-7-6-10(17)16(8)12/h6-8,13-14H,4-5H2,1-3H3. The Kier molecular flexibility index (Phi) is 2.92. The Morgan fingerprint density at radius 2 is 2.29 bits per heavy atom. The van der Waals surface area contributed by atoms with E-state index >= 15 is 0 Å². The van der Waals surface area contributed by atoms with E-state index in [1.807, 2.05) is 21.0 Å². The number of carbonyl (C=O) groups is 1. The highest BCUT2D eigenvalue weighted by molar-refractivity contribution is 5.98. The molecule has 0 radical (unpaired) electrons. The van der Waals surface area contributed by atoms with Gasteiger partial charge in [-0.3, -0.25) is 15.1 Å². The Balaban J connectivity index is 2.43. The quantitative estimate of drug-likeness (QED) is 0.522. The van der Waals surface area contributed by atoms with Crippen molar-refractivity contribution in [2.75, 3.05) is 14.1 Å². The highest BCUT2D eigenvalue weighted by Gasteiger charge is 2.32. The molecule has 0 spiro atoms. The first-order chi connectivity index (χ1) is 8.02. The molecule has 0 saturated carbocycles. The van der Waals surface area contributed by atoms with E-state index in [1.54, 1.807) is 16.0 Å². The first-order valence-electron chi connectivity index (χ1n) is 5.78. The summed E-state index contributed by atoms with van der Waals surface area (Å²) in [6, 6.07) is 0.189. The van der Waals surface area contributed by atoms with Crippen molar-refractivity contribution in [2.24, 2.45) is 0 Å². The number of rotatable bonds is 1. The summed E-state index contributed by atoms with van der Waals surface area (Å²) in [6.45, 7) is 2.04. The van der Waals surface area contributed by atoms with Crippen LogP contribution in [-0.4, -0.2) is 41.7 Å². The second-order valence-electron chi connectivity index (χ2n) is 4.64. The van der Waals surface area contributed by atoms with E-state index in [4.69, 9.17) is 5.41 Å². The number of carbonyl (C=O) groups excluding carboxylic acids is 1. The number of likely N-dealkylation sites (N-methyl/N-ethyl adjacent to an activating group) is 1. The van der Waals surface area contributed by atoms with Gasteiger partial charge in [-0.15, -0.1) is 0 Å². The summed E-state index contributed by atoms with van der Waals surface area (Å²) in [5, 5.41) is 11.2. The fraction of sp³-hybridized carbons (Fsp3) is 0.500. The second-order valence-corrected chi connectivity index (χ2v) is 4.64. The molecule has 0 aromatic carbocycles. The molecule has 0 fully saturated rings. The van der Waals surface area contributed by atoms with E-state index in [0.717, 1.165) is 24.2 Å². The van der Waals surface area contributed by atoms with Crippen LogP contribution in [0.2, 0.25) is 0 Å². The van der Waals surface area contributed by atoms with Crippen LogP contribution in [0.3, 0.4) is 0 Å². The Morgan fingerprint density at radius 3 is 2.94 bits per heavy atom. The summed E-state index contributed by atoms with van der Waals surface area (Å²) in [5.74, 6) is 1.23. The minimum absolute atomic E-state index is 0.00462. The van der Waals surface area contributed by atoms with Crippen LogP contribution in [0.5, 0.6) is 0 Å². The van der Waals surface area contributed by atoms with Gasteiger partial charge in [0.15, 0.2) is 0 Å². The summed E-state index contributed by atoms with van der Waals surface area (Å²) in [4.78, 5) is 15.4. The molecular formula is C12H18N4O. The molecule has 2 heterocycles. The zero-order valence-electron chi connectivity index (χ0n) is 10.4. The average Bonchev–Trinajstić information content (AvgIpc) is 2.28. The van der Waals surface area contributed by atoms with Crippen LogP contribution in [0.15, 0.2) is 23.7 Å². The van der Waals surface area contributed by atoms with E-state index in [0.29, 0.717) is 5.84 Å². The van der Waals surface area contributed by atoms with E-state index < -0.39 is 0 Å². The number of fused-ring (bicyclic) bond motifs is 1. The number of nitrogens with zero attached hydrogens (tertiary/aromatic N) is 2. The van der Waals surface area contributed by atoms with Crippen molar-refractivity contribution in [3.8, 4) is 0 Å². The second kappa shape index (κ2) is 4.24. The van der Waals surface area contributed by atoms with Crippen molar-refractivity contribution in [3.63, 3.8) is 0 Å². The van der Waals surface area contributed by atoms with Crippen molar-refractivity contribution in [2.45, 2.75) is 25.8 Å². The van der Waals surface area contributed by atoms with Crippen molar-refractivity contribution < 1.29 is 4.79 Å². The van der Waals surface area contributed by atoms with Gasteiger partial charge in [0.05, 0.1) is 0 Å². The lowest BCUT2D eigenvalue weighted by molar-refractivity contribution is -0.127. The summed E-state index contributed by atoms with van der Waals surface area (Å²) >= 11 is 0. The van der Waals surface area contributed by atoms with Crippen molar-refractivity contribution >= 4 is 11.7 Å². The Hall–Kier alpha value is -1.78. The van der Waals surface area contributed by atoms with Gasteiger partial charge in [0.25, 0.3) is 5.91 Å². The Morgan fingerprint density at radius 1 is 1.59 bits per heavy atom. The monoisotopic (exact) mass is 234 g/mol. The van der Waals surface area contributed by atoms with Crippen LogP contribution >= 0.6 is 0 Å². The lowest BCUT2D eigenvalue weighted by atomic mass is 9.97. The zero-order valence-corrected chi connectivity index (χ0v) is 10.4. The molecule has 92 valence electrons. The maximum Gasteiger partial charge on any atom is 0.253 e. The third kappa shape index (κ3) is 1.92. The van der Waals surface area contributed by atoms with E-state index in [1.165, 1.54) is 6.08 Å². The molecule has 0 aliphatic carbocycles. The summed E-state index contributed by atoms with van der Waals surface area (Å²) < 4.78 is 0. The molecular weight excluding hydrogens is 216 g/mol. The first kappa shape index (κ1) is 11.7. The molecule has 1 amide bonds. The number of amidine groups is 1. The SMILES string of the molecule is CC1CCC(C(=N)N(C)C)=C2NC=CC(=O)N21. The van der Waals surface area contributed by atoms with Crippen LogP contribution in [0.4, 0.5) is 0 Å². The van der Waals surface area contributed by atoms with Gasteiger partial charge in [0.1, 0.15) is 11.7 Å². The number of hydrogen-bond acceptors (Lipinski definition) is 3. The molecule has 17 heavy (non-hydrogen) atoms. The average molecular weight is 234 g/mol. The van der Waals surface area contributed by atoms with Crippen LogP contribution in [0, 0.1) is 5.41 Å². The summed E-state index contributed by atoms with van der Waals surface area (Å²) in [5.41, 5.74) is 0.908. The zero-order chi connectivity index (χ0) is 12.6. The minimum atomic E-state index is -0.00462. The summed E-state index contributed by atoms with van der Waals surface area (Å²) in [6.07, 6.45) is 4.91. The fourth-order valence-corrected chi connectivity index (χ4v) is 2.22. The predicted octanol–water partition coefficient (Wildman–Crippen LogP) is 0.865. The fourth-order valence-electron chi connectivity index (χ4n) is 2.22. The lowest BCUT2D eigenvalue weighted by Gasteiger charge is -2.39. The van der Waals surface area contributed by atoms with E-state index in [2.05, 4.69) is 5.32 Å². The number of nitrogens with one attached hydrogen (secondary N) is 2. The normalized spacial score (nSPS) is 23.4. The highest BCUT2D eigenvalue weighted by atomic mass is 16.2. The van der Waals surface area contributed by atoms with E-state index in [-0.39, 0.29) is 11.9 Å². The van der Waals surface area contributed by atoms with Crippen LogP contribution in [-0.2, 0) is 4.79 Å². The molecule has 0 aromatic heterocycles. The highest BCUT2D eigenvalue weighted by Crippen LogP contribution is 2.28. The van der Waals surface area contributed by atoms with Gasteiger partial charge >= 0.3 is 0 Å². The Bertz CT molecular complexity index is 422. The van der Waals surface area contributed by atoms with Crippen LogP contribution < -0.4 is 5.32 Å². The van der Waals surface area contributed by atoms with Gasteiger partial charge in [0.2, 0.25) is 0 Å². The molecule has 0 saturated heterocycles. The van der Waals surface area contributed by atoms with Gasteiger partial charge < -0.3 is 10.2 Å². The van der Waals surface area contributed by atoms with Crippen LogP contribution in [0.1, 0.15) is 19.8 Å². The molecule has 2 aliphatic rings. The topological polar surface area (TPSA) is 59.4 Å². The van der Waals surface area contributed by atoms with Crippen molar-refractivity contribution in [3.05, 3.63) is 23.7 Å². The molecule has 2 N–H and O–H groups in total. The van der Waals surface area contributed by atoms with E-state index in [9.17, 15) is 4.79 Å². The molecule has 0 aromatic rings. The maximum absolute atomic E-state index is 11.9. The molecule has 5 heteroatoms. The third-order valence-electron chi connectivity index (χ3n) is 3.20. The largest absolute Gasteiger partial charge is 0.363 e. The van der Waals surface area contributed by atoms with Gasteiger partial charge in [-0.1, -0.05) is 0 Å². The third-order valence-corrected chi connectivity index (χ3v) is 3.20. The minimum Gasteiger partial charge on any atom is -0.363 e.